The monoisotopic (exact) mass is 284 g/mol. The zero-order chi connectivity index (χ0) is 14.9. The molecule has 20 heavy (non-hydrogen) atoms. The Kier molecular flexibility index (Phi) is 3.26. The minimum atomic E-state index is -4.48. The number of alkyl halides is 3. The molecule has 9 heteroatoms. The van der Waals surface area contributed by atoms with Gasteiger partial charge in [0.25, 0.3) is 0 Å². The first-order valence-electron chi connectivity index (χ1n) is 5.23. The van der Waals surface area contributed by atoms with Crippen molar-refractivity contribution in [1.29, 1.82) is 0 Å². The van der Waals surface area contributed by atoms with Crippen molar-refractivity contribution in [3.63, 3.8) is 0 Å². The Labute approximate surface area is 110 Å². The molecule has 0 amide bonds. The van der Waals surface area contributed by atoms with Crippen LogP contribution in [0.15, 0.2) is 30.6 Å². The van der Waals surface area contributed by atoms with Gasteiger partial charge in [-0.3, -0.25) is 10.1 Å². The van der Waals surface area contributed by atoms with Crippen LogP contribution >= 0.6 is 0 Å². The first kappa shape index (κ1) is 13.7. The molecule has 0 aliphatic carbocycles. The molecule has 6 nitrogen and oxygen atoms in total. The summed E-state index contributed by atoms with van der Waals surface area (Å²) in [5.74, 6) is -0.347. The van der Waals surface area contributed by atoms with Crippen molar-refractivity contribution in [2.45, 2.75) is 6.18 Å². The maximum absolute atomic E-state index is 12.4. The second-order valence-corrected chi connectivity index (χ2v) is 3.79. The molecule has 1 aromatic carbocycles. The van der Waals surface area contributed by atoms with E-state index in [1.54, 1.807) is 0 Å². The molecular weight excluding hydrogens is 277 g/mol. The number of halogens is 3. The maximum atomic E-state index is 12.4. The molecule has 104 valence electrons. The van der Waals surface area contributed by atoms with Gasteiger partial charge in [0, 0.05) is 5.56 Å². The van der Waals surface area contributed by atoms with E-state index in [0.717, 1.165) is 30.6 Å². The molecule has 0 saturated heterocycles. The highest BCUT2D eigenvalue weighted by Gasteiger charge is 2.30. The zero-order valence-electron chi connectivity index (χ0n) is 9.76. The summed E-state index contributed by atoms with van der Waals surface area (Å²) in [6, 6.07) is 3.82. The van der Waals surface area contributed by atoms with Crippen LogP contribution in [-0.2, 0) is 6.18 Å². The van der Waals surface area contributed by atoms with Gasteiger partial charge in [0.05, 0.1) is 10.5 Å². The van der Waals surface area contributed by atoms with Gasteiger partial charge in [-0.15, -0.1) is 0 Å². The highest BCUT2D eigenvalue weighted by Crippen LogP contribution is 2.34. The van der Waals surface area contributed by atoms with Gasteiger partial charge in [0.2, 0.25) is 5.82 Å². The Morgan fingerprint density at radius 3 is 2.25 bits per heavy atom. The molecule has 0 radical (unpaired) electrons. The molecule has 0 atom stereocenters. The number of aromatic nitrogens is 2. The Hall–Kier alpha value is -2.71. The predicted octanol–water partition coefficient (Wildman–Crippen LogP) is 2.65. The van der Waals surface area contributed by atoms with E-state index < -0.39 is 22.4 Å². The van der Waals surface area contributed by atoms with Crippen LogP contribution in [0.4, 0.5) is 24.7 Å². The number of anilines is 1. The van der Waals surface area contributed by atoms with Crippen molar-refractivity contribution >= 4 is 11.5 Å². The van der Waals surface area contributed by atoms with Crippen molar-refractivity contribution in [2.24, 2.45) is 0 Å². The third-order valence-corrected chi connectivity index (χ3v) is 2.52. The lowest BCUT2D eigenvalue weighted by Crippen LogP contribution is -2.05. The average Bonchev–Trinajstić information content (AvgIpc) is 2.37. The number of benzene rings is 1. The fraction of sp³-hybridized carbons (Fsp3) is 0.0909. The topological polar surface area (TPSA) is 94.9 Å². The second-order valence-electron chi connectivity index (χ2n) is 3.79. The molecule has 2 rings (SSSR count). The van der Waals surface area contributed by atoms with Gasteiger partial charge in [-0.2, -0.15) is 13.2 Å². The number of nitrogen functional groups attached to an aromatic ring is 1. The molecule has 0 fully saturated rings. The molecule has 0 spiro atoms. The molecule has 0 bridgehead atoms. The van der Waals surface area contributed by atoms with Gasteiger partial charge in [-0.25, -0.2) is 9.97 Å². The molecular formula is C11H7F3N4O2. The van der Waals surface area contributed by atoms with Crippen LogP contribution in [0.2, 0.25) is 0 Å². The van der Waals surface area contributed by atoms with Gasteiger partial charge in [-0.05, 0) is 12.1 Å². The van der Waals surface area contributed by atoms with Gasteiger partial charge in [0.15, 0.2) is 5.69 Å². The van der Waals surface area contributed by atoms with E-state index in [0.29, 0.717) is 0 Å². The van der Waals surface area contributed by atoms with Crippen LogP contribution in [0.25, 0.3) is 11.3 Å². The molecule has 2 aromatic rings. The van der Waals surface area contributed by atoms with Gasteiger partial charge < -0.3 is 5.73 Å². The van der Waals surface area contributed by atoms with Crippen LogP contribution in [0.3, 0.4) is 0 Å². The Morgan fingerprint density at radius 2 is 1.75 bits per heavy atom. The smallest absolute Gasteiger partial charge is 0.378 e. The summed E-state index contributed by atoms with van der Waals surface area (Å²) < 4.78 is 37.3. The van der Waals surface area contributed by atoms with E-state index in [4.69, 9.17) is 5.73 Å². The van der Waals surface area contributed by atoms with Crippen molar-refractivity contribution < 1.29 is 18.1 Å². The highest BCUT2D eigenvalue weighted by atomic mass is 19.4. The van der Waals surface area contributed by atoms with Crippen LogP contribution in [0, 0.1) is 10.1 Å². The summed E-state index contributed by atoms with van der Waals surface area (Å²) >= 11 is 0. The summed E-state index contributed by atoms with van der Waals surface area (Å²) in [5, 5.41) is 10.9. The number of nitro groups is 1. The SMILES string of the molecule is Nc1ncnc(-c2ccc(C(F)(F)F)cc2)c1[N+](=O)[O-]. The normalized spacial score (nSPS) is 11.3. The standard InChI is InChI=1S/C11H7F3N4O2/c12-11(13,14)7-3-1-6(2-4-7)8-9(18(19)20)10(15)17-5-16-8/h1-5H,(H2,15,16,17). The van der Waals surface area contributed by atoms with Crippen molar-refractivity contribution in [1.82, 2.24) is 9.97 Å². The lowest BCUT2D eigenvalue weighted by molar-refractivity contribution is -0.383. The molecule has 0 unspecified atom stereocenters. The quantitative estimate of drug-likeness (QED) is 0.675. The highest BCUT2D eigenvalue weighted by molar-refractivity contribution is 5.75. The average molecular weight is 284 g/mol. The van der Waals surface area contributed by atoms with Crippen molar-refractivity contribution in [2.75, 3.05) is 5.73 Å². The van der Waals surface area contributed by atoms with Crippen LogP contribution in [0.5, 0.6) is 0 Å². The molecule has 1 heterocycles. The Morgan fingerprint density at radius 1 is 1.15 bits per heavy atom. The van der Waals surface area contributed by atoms with E-state index >= 15 is 0 Å². The molecule has 2 N–H and O–H groups in total. The fourth-order valence-corrected chi connectivity index (χ4v) is 1.60. The molecule has 1 aromatic heterocycles. The first-order chi connectivity index (χ1) is 9.30. The molecule has 0 aliphatic rings. The summed E-state index contributed by atoms with van der Waals surface area (Å²) in [7, 11) is 0. The van der Waals surface area contributed by atoms with Crippen molar-refractivity contribution in [3.8, 4) is 11.3 Å². The fourth-order valence-electron chi connectivity index (χ4n) is 1.60. The summed E-state index contributed by atoms with van der Waals surface area (Å²) in [6.45, 7) is 0. The van der Waals surface area contributed by atoms with Crippen LogP contribution in [0.1, 0.15) is 5.56 Å². The number of hydrogen-bond acceptors (Lipinski definition) is 5. The maximum Gasteiger partial charge on any atom is 0.416 e. The predicted molar refractivity (Wildman–Crippen MR) is 63.5 cm³/mol. The van der Waals surface area contributed by atoms with Gasteiger partial charge >= 0.3 is 11.9 Å². The van der Waals surface area contributed by atoms with Crippen LogP contribution < -0.4 is 5.73 Å². The number of rotatable bonds is 2. The summed E-state index contributed by atoms with van der Waals surface area (Å²) in [5.41, 5.74) is 4.02. The van der Waals surface area contributed by atoms with Gasteiger partial charge in [0.1, 0.15) is 6.33 Å². The van der Waals surface area contributed by atoms with E-state index in [1.807, 2.05) is 0 Å². The molecule has 0 aliphatic heterocycles. The zero-order valence-corrected chi connectivity index (χ0v) is 9.76. The van der Waals surface area contributed by atoms with Crippen LogP contribution in [-0.4, -0.2) is 14.9 Å². The summed E-state index contributed by atoms with van der Waals surface area (Å²) in [4.78, 5) is 17.3. The van der Waals surface area contributed by atoms with Crippen molar-refractivity contribution in [3.05, 3.63) is 46.3 Å². The van der Waals surface area contributed by atoms with Gasteiger partial charge in [-0.1, -0.05) is 12.1 Å². The largest absolute Gasteiger partial charge is 0.416 e. The third-order valence-electron chi connectivity index (χ3n) is 2.52. The minimum absolute atomic E-state index is 0.128. The van der Waals surface area contributed by atoms with E-state index in [1.165, 1.54) is 0 Å². The number of nitrogens with zero attached hydrogens (tertiary/aromatic N) is 3. The number of nitrogens with two attached hydrogens (primary N) is 1. The summed E-state index contributed by atoms with van der Waals surface area (Å²) in [6.07, 6.45) is -3.47. The number of hydrogen-bond donors (Lipinski definition) is 1. The second kappa shape index (κ2) is 4.76. The Balaban J connectivity index is 2.53. The minimum Gasteiger partial charge on any atom is -0.378 e. The molecule has 0 saturated carbocycles. The first-order valence-corrected chi connectivity index (χ1v) is 5.23. The lowest BCUT2D eigenvalue weighted by atomic mass is 10.1. The van der Waals surface area contributed by atoms with E-state index in [9.17, 15) is 23.3 Å². The Bertz CT molecular complexity index is 656. The lowest BCUT2D eigenvalue weighted by Gasteiger charge is -2.07. The van der Waals surface area contributed by atoms with E-state index in [-0.39, 0.29) is 17.1 Å². The third kappa shape index (κ3) is 2.51. The van der Waals surface area contributed by atoms with E-state index in [2.05, 4.69) is 9.97 Å².